The van der Waals surface area contributed by atoms with Crippen LogP contribution in [0, 0.1) is 0 Å². The largest absolute Gasteiger partial charge is 0.338 e. The molecule has 2 amide bonds. The average Bonchev–Trinajstić information content (AvgIpc) is 3.35. The van der Waals surface area contributed by atoms with Crippen molar-refractivity contribution in [3.05, 3.63) is 48.5 Å². The van der Waals surface area contributed by atoms with E-state index in [-0.39, 0.29) is 12.6 Å². The normalized spacial score (nSPS) is 11.0. The Kier molecular flexibility index (Phi) is 6.36. The highest BCUT2D eigenvalue weighted by Crippen LogP contribution is 2.13. The van der Waals surface area contributed by atoms with Crippen LogP contribution in [0.25, 0.3) is 11.5 Å². The number of aryl methyl sites for hydroxylation is 1. The van der Waals surface area contributed by atoms with Gasteiger partial charge in [-0.2, -0.15) is 4.98 Å². The molecule has 1 N–H and O–H groups in total. The quantitative estimate of drug-likeness (QED) is 0.600. The topological polar surface area (TPSA) is 102 Å². The van der Waals surface area contributed by atoms with Crippen LogP contribution in [0.5, 0.6) is 0 Å². The predicted octanol–water partition coefficient (Wildman–Crippen LogP) is 2.68. The Morgan fingerprint density at radius 3 is 2.89 bits per heavy atom. The lowest BCUT2D eigenvalue weighted by atomic mass is 10.2. The van der Waals surface area contributed by atoms with Gasteiger partial charge in [0.25, 0.3) is 0 Å². The zero-order valence-corrected chi connectivity index (χ0v) is 16.4. The molecule has 0 saturated heterocycles. The van der Waals surface area contributed by atoms with Crippen LogP contribution in [0.3, 0.4) is 0 Å². The van der Waals surface area contributed by atoms with Crippen molar-refractivity contribution in [2.45, 2.75) is 39.3 Å². The van der Waals surface area contributed by atoms with Gasteiger partial charge in [0.2, 0.25) is 11.7 Å². The summed E-state index contributed by atoms with van der Waals surface area (Å²) in [6.07, 6.45) is 6.27. The molecule has 0 fully saturated rings. The molecule has 9 nitrogen and oxygen atoms in total. The molecule has 0 spiro atoms. The van der Waals surface area contributed by atoms with Gasteiger partial charge in [-0.3, -0.25) is 4.98 Å². The van der Waals surface area contributed by atoms with Crippen LogP contribution in [-0.4, -0.2) is 49.2 Å². The molecule has 9 heteroatoms. The molecule has 3 aromatic rings. The monoisotopic (exact) mass is 383 g/mol. The smallest absolute Gasteiger partial charge is 0.317 e. The van der Waals surface area contributed by atoms with E-state index in [4.69, 9.17) is 4.52 Å². The number of rotatable bonds is 8. The van der Waals surface area contributed by atoms with Gasteiger partial charge in [-0.1, -0.05) is 25.1 Å². The standard InChI is InChI=1S/C19H25N7O2/c1-14(2)18-21-10-12-26(18)11-6-9-22-19(27)25(3)13-16-23-17(24-28-16)15-7-4-5-8-20-15/h4-5,7-8,10,12,14H,6,9,11,13H2,1-3H3,(H,22,27). The molecule has 0 unspecified atom stereocenters. The fourth-order valence-corrected chi connectivity index (χ4v) is 2.78. The van der Waals surface area contributed by atoms with Crippen molar-refractivity contribution in [2.24, 2.45) is 0 Å². The fraction of sp³-hybridized carbons (Fsp3) is 0.421. The number of urea groups is 1. The van der Waals surface area contributed by atoms with Crippen LogP contribution >= 0.6 is 0 Å². The average molecular weight is 383 g/mol. The second-order valence-electron chi connectivity index (χ2n) is 6.80. The van der Waals surface area contributed by atoms with Crippen molar-refractivity contribution >= 4 is 6.03 Å². The Hall–Kier alpha value is -3.23. The summed E-state index contributed by atoms with van der Waals surface area (Å²) in [5.41, 5.74) is 0.630. The second-order valence-corrected chi connectivity index (χ2v) is 6.80. The van der Waals surface area contributed by atoms with Gasteiger partial charge in [0.15, 0.2) is 0 Å². The summed E-state index contributed by atoms with van der Waals surface area (Å²) in [5, 5.41) is 6.81. The van der Waals surface area contributed by atoms with Crippen LogP contribution in [0.15, 0.2) is 41.3 Å². The Labute approximate surface area is 163 Å². The first-order valence-corrected chi connectivity index (χ1v) is 9.28. The van der Waals surface area contributed by atoms with E-state index in [1.54, 1.807) is 19.3 Å². The van der Waals surface area contributed by atoms with Gasteiger partial charge < -0.3 is 19.3 Å². The van der Waals surface area contributed by atoms with Crippen LogP contribution in [0.1, 0.15) is 37.9 Å². The molecule has 0 saturated carbocycles. The SMILES string of the molecule is CC(C)c1nccn1CCCNC(=O)N(C)Cc1nc(-c2ccccn2)no1. The summed E-state index contributed by atoms with van der Waals surface area (Å²) >= 11 is 0. The van der Waals surface area contributed by atoms with Crippen LogP contribution < -0.4 is 5.32 Å². The molecule has 3 rings (SSSR count). The Morgan fingerprint density at radius 2 is 2.14 bits per heavy atom. The predicted molar refractivity (Wildman–Crippen MR) is 103 cm³/mol. The van der Waals surface area contributed by atoms with Crippen molar-refractivity contribution in [3.63, 3.8) is 0 Å². The lowest BCUT2D eigenvalue weighted by molar-refractivity contribution is 0.199. The lowest BCUT2D eigenvalue weighted by Crippen LogP contribution is -2.37. The molecule has 0 radical (unpaired) electrons. The van der Waals surface area contributed by atoms with Crippen LogP contribution in [-0.2, 0) is 13.1 Å². The number of pyridine rings is 1. The maximum absolute atomic E-state index is 12.3. The first kappa shape index (κ1) is 19.5. The summed E-state index contributed by atoms with van der Waals surface area (Å²) in [5.74, 6) is 2.20. The fourth-order valence-electron chi connectivity index (χ4n) is 2.78. The minimum absolute atomic E-state index is 0.188. The van der Waals surface area contributed by atoms with Gasteiger partial charge in [0, 0.05) is 44.6 Å². The van der Waals surface area contributed by atoms with Gasteiger partial charge in [-0.25, -0.2) is 9.78 Å². The Morgan fingerprint density at radius 1 is 1.29 bits per heavy atom. The Bertz CT molecular complexity index is 889. The third kappa shape index (κ3) is 4.93. The maximum Gasteiger partial charge on any atom is 0.317 e. The molecule has 148 valence electrons. The van der Waals surface area contributed by atoms with E-state index in [9.17, 15) is 4.79 Å². The molecule has 0 aliphatic carbocycles. The lowest BCUT2D eigenvalue weighted by Gasteiger charge is -2.16. The number of nitrogens with one attached hydrogen (secondary N) is 1. The van der Waals surface area contributed by atoms with E-state index in [1.807, 2.05) is 24.5 Å². The van der Waals surface area contributed by atoms with Gasteiger partial charge in [-0.15, -0.1) is 0 Å². The molecule has 0 aliphatic rings. The van der Waals surface area contributed by atoms with Crippen molar-refractivity contribution < 1.29 is 9.32 Å². The highest BCUT2D eigenvalue weighted by molar-refractivity contribution is 5.73. The molecular formula is C19H25N7O2. The number of amides is 2. The van der Waals surface area contributed by atoms with Gasteiger partial charge in [0.1, 0.15) is 18.1 Å². The number of nitrogens with zero attached hydrogens (tertiary/aromatic N) is 6. The molecular weight excluding hydrogens is 358 g/mol. The van der Waals surface area contributed by atoms with Crippen molar-refractivity contribution in [1.82, 2.24) is 34.9 Å². The van der Waals surface area contributed by atoms with Crippen LogP contribution in [0.2, 0.25) is 0 Å². The number of carbonyl (C=O) groups excluding carboxylic acids is 1. The van der Waals surface area contributed by atoms with Crippen molar-refractivity contribution in [3.8, 4) is 11.5 Å². The molecule has 0 aliphatic heterocycles. The van der Waals surface area contributed by atoms with Gasteiger partial charge in [0.05, 0.1) is 0 Å². The summed E-state index contributed by atoms with van der Waals surface area (Å²) < 4.78 is 7.34. The summed E-state index contributed by atoms with van der Waals surface area (Å²) in [6.45, 7) is 5.85. The first-order valence-electron chi connectivity index (χ1n) is 9.28. The van der Waals surface area contributed by atoms with E-state index in [0.29, 0.717) is 29.9 Å². The van der Waals surface area contributed by atoms with E-state index < -0.39 is 0 Å². The summed E-state index contributed by atoms with van der Waals surface area (Å²) in [4.78, 5) is 26.6. The second kappa shape index (κ2) is 9.12. The maximum atomic E-state index is 12.3. The molecule has 0 atom stereocenters. The van der Waals surface area contributed by atoms with Gasteiger partial charge in [-0.05, 0) is 18.6 Å². The molecule has 0 bridgehead atoms. The van der Waals surface area contributed by atoms with E-state index in [0.717, 1.165) is 18.8 Å². The Balaban J connectivity index is 1.43. The minimum atomic E-state index is -0.188. The van der Waals surface area contributed by atoms with Crippen molar-refractivity contribution in [1.29, 1.82) is 0 Å². The number of imidazole rings is 1. The highest BCUT2D eigenvalue weighted by Gasteiger charge is 2.15. The minimum Gasteiger partial charge on any atom is -0.338 e. The number of carbonyl (C=O) groups is 1. The third-order valence-electron chi connectivity index (χ3n) is 4.20. The number of hydrogen-bond donors (Lipinski definition) is 1. The third-order valence-corrected chi connectivity index (χ3v) is 4.20. The molecule has 0 aromatic carbocycles. The summed E-state index contributed by atoms with van der Waals surface area (Å²) in [7, 11) is 1.69. The first-order chi connectivity index (χ1) is 13.5. The van der Waals surface area contributed by atoms with Crippen molar-refractivity contribution in [2.75, 3.05) is 13.6 Å². The van der Waals surface area contributed by atoms with Gasteiger partial charge >= 0.3 is 6.03 Å². The van der Waals surface area contributed by atoms with E-state index >= 15 is 0 Å². The van der Waals surface area contributed by atoms with E-state index in [1.165, 1.54) is 4.90 Å². The molecule has 3 heterocycles. The molecule has 3 aromatic heterocycles. The highest BCUT2D eigenvalue weighted by atomic mass is 16.5. The number of aromatic nitrogens is 5. The van der Waals surface area contributed by atoms with Crippen LogP contribution in [0.4, 0.5) is 4.79 Å². The zero-order valence-electron chi connectivity index (χ0n) is 16.4. The molecule has 28 heavy (non-hydrogen) atoms. The number of hydrogen-bond acceptors (Lipinski definition) is 6. The zero-order chi connectivity index (χ0) is 19.9. The summed E-state index contributed by atoms with van der Waals surface area (Å²) in [6, 6.07) is 5.29. The van der Waals surface area contributed by atoms with E-state index in [2.05, 4.69) is 43.8 Å².